The summed E-state index contributed by atoms with van der Waals surface area (Å²) in [5.41, 5.74) is 0.897. The van der Waals surface area contributed by atoms with E-state index in [1.54, 1.807) is 0 Å². The third kappa shape index (κ3) is 3.08. The summed E-state index contributed by atoms with van der Waals surface area (Å²) in [7, 11) is 1.81. The smallest absolute Gasteiger partial charge is 0.191 e. The van der Waals surface area contributed by atoms with E-state index in [1.165, 1.54) is 12.8 Å². The molecular formula is C17H24N6O. The number of aliphatic imine (C=N–C) groups is 1. The highest BCUT2D eigenvalue weighted by molar-refractivity contribution is 5.80. The minimum absolute atomic E-state index is 0.357. The van der Waals surface area contributed by atoms with E-state index in [2.05, 4.69) is 25.8 Å². The Morgan fingerprint density at radius 1 is 1.38 bits per heavy atom. The molecule has 7 nitrogen and oxygen atoms in total. The van der Waals surface area contributed by atoms with E-state index >= 15 is 0 Å². The van der Waals surface area contributed by atoms with Gasteiger partial charge in [0, 0.05) is 26.2 Å². The Balaban J connectivity index is 1.24. The molecule has 3 atom stereocenters. The molecule has 0 radical (unpaired) electrons. The molecule has 24 heavy (non-hydrogen) atoms. The van der Waals surface area contributed by atoms with E-state index in [9.17, 15) is 0 Å². The SMILES string of the molecule is CN=C(NCCCc1nnc2ccccn12)NC1CC2CCC1O2. The van der Waals surface area contributed by atoms with Gasteiger partial charge in [-0.15, -0.1) is 10.2 Å². The number of nitrogens with zero attached hydrogens (tertiary/aromatic N) is 4. The van der Waals surface area contributed by atoms with Crippen LogP contribution in [-0.4, -0.2) is 52.4 Å². The predicted molar refractivity (Wildman–Crippen MR) is 92.1 cm³/mol. The third-order valence-corrected chi connectivity index (χ3v) is 4.91. The standard InChI is InChI=1S/C17H24N6O/c1-18-17(20-13-11-12-7-8-14(13)24-12)19-9-4-6-16-22-21-15-5-2-3-10-23(15)16/h2-3,5,10,12-14H,4,6-9,11H2,1H3,(H2,18,19,20). The van der Waals surface area contributed by atoms with Gasteiger partial charge in [0.1, 0.15) is 5.82 Å². The van der Waals surface area contributed by atoms with Gasteiger partial charge in [-0.1, -0.05) is 6.07 Å². The Morgan fingerprint density at radius 2 is 2.33 bits per heavy atom. The van der Waals surface area contributed by atoms with Crippen LogP contribution in [0.1, 0.15) is 31.5 Å². The number of pyridine rings is 1. The summed E-state index contributed by atoms with van der Waals surface area (Å²) in [6, 6.07) is 6.35. The van der Waals surface area contributed by atoms with Gasteiger partial charge in [0.05, 0.1) is 18.2 Å². The fourth-order valence-electron chi connectivity index (χ4n) is 3.67. The van der Waals surface area contributed by atoms with Crippen molar-refractivity contribution < 1.29 is 4.74 Å². The van der Waals surface area contributed by atoms with Crippen LogP contribution in [0.25, 0.3) is 5.65 Å². The third-order valence-electron chi connectivity index (χ3n) is 4.91. The largest absolute Gasteiger partial charge is 0.373 e. The van der Waals surface area contributed by atoms with Crippen LogP contribution in [0.4, 0.5) is 0 Å². The highest BCUT2D eigenvalue weighted by Crippen LogP contribution is 2.34. The number of hydrogen-bond donors (Lipinski definition) is 2. The number of fused-ring (bicyclic) bond motifs is 3. The molecule has 0 amide bonds. The maximum atomic E-state index is 5.88. The zero-order valence-corrected chi connectivity index (χ0v) is 14.0. The first-order valence-electron chi connectivity index (χ1n) is 8.75. The van der Waals surface area contributed by atoms with Gasteiger partial charge >= 0.3 is 0 Å². The van der Waals surface area contributed by atoms with Gasteiger partial charge in [0.25, 0.3) is 0 Å². The zero-order valence-electron chi connectivity index (χ0n) is 14.0. The number of ether oxygens (including phenoxy) is 1. The minimum Gasteiger partial charge on any atom is -0.373 e. The van der Waals surface area contributed by atoms with Gasteiger partial charge in [-0.05, 0) is 37.8 Å². The minimum atomic E-state index is 0.357. The number of aromatic nitrogens is 3. The van der Waals surface area contributed by atoms with Crippen molar-refractivity contribution >= 4 is 11.6 Å². The first kappa shape index (κ1) is 15.4. The van der Waals surface area contributed by atoms with Crippen molar-refractivity contribution in [1.29, 1.82) is 0 Å². The lowest BCUT2D eigenvalue weighted by molar-refractivity contribution is 0.0992. The molecule has 2 N–H and O–H groups in total. The van der Waals surface area contributed by atoms with Crippen molar-refractivity contribution in [2.45, 2.75) is 50.4 Å². The van der Waals surface area contributed by atoms with Crippen LogP contribution in [0.15, 0.2) is 29.4 Å². The molecule has 2 aromatic rings. The quantitative estimate of drug-likeness (QED) is 0.489. The first-order valence-corrected chi connectivity index (χ1v) is 8.75. The van der Waals surface area contributed by atoms with Crippen LogP contribution >= 0.6 is 0 Å². The van der Waals surface area contributed by atoms with Crippen molar-refractivity contribution in [2.24, 2.45) is 4.99 Å². The number of nitrogens with one attached hydrogen (secondary N) is 2. The highest BCUT2D eigenvalue weighted by Gasteiger charge is 2.41. The van der Waals surface area contributed by atoms with Crippen LogP contribution < -0.4 is 10.6 Å². The summed E-state index contributed by atoms with van der Waals surface area (Å²) in [6.07, 6.45) is 8.14. The Kier molecular flexibility index (Phi) is 4.34. The molecule has 0 saturated carbocycles. The van der Waals surface area contributed by atoms with Crippen molar-refractivity contribution in [3.05, 3.63) is 30.2 Å². The summed E-state index contributed by atoms with van der Waals surface area (Å²) in [4.78, 5) is 4.33. The second-order valence-electron chi connectivity index (χ2n) is 6.51. The lowest BCUT2D eigenvalue weighted by Gasteiger charge is -2.22. The van der Waals surface area contributed by atoms with E-state index in [0.29, 0.717) is 18.2 Å². The molecular weight excluding hydrogens is 304 g/mol. The monoisotopic (exact) mass is 328 g/mol. The molecule has 0 spiro atoms. The zero-order chi connectivity index (χ0) is 16.4. The summed E-state index contributed by atoms with van der Waals surface area (Å²) < 4.78 is 7.92. The van der Waals surface area contributed by atoms with Crippen LogP contribution in [-0.2, 0) is 11.2 Å². The fraction of sp³-hybridized carbons (Fsp3) is 0.588. The second-order valence-corrected chi connectivity index (χ2v) is 6.51. The maximum Gasteiger partial charge on any atom is 0.191 e. The summed E-state index contributed by atoms with van der Waals surface area (Å²) in [5, 5.41) is 15.3. The average Bonchev–Trinajstić information content (AvgIpc) is 3.33. The molecule has 4 rings (SSSR count). The fourth-order valence-corrected chi connectivity index (χ4v) is 3.67. The Hall–Kier alpha value is -2.15. The normalized spacial score (nSPS) is 26.2. The van der Waals surface area contributed by atoms with Crippen molar-refractivity contribution in [3.63, 3.8) is 0 Å². The molecule has 2 saturated heterocycles. The number of guanidine groups is 1. The van der Waals surface area contributed by atoms with E-state index in [0.717, 1.165) is 43.2 Å². The number of aryl methyl sites for hydroxylation is 1. The molecule has 0 aromatic carbocycles. The average molecular weight is 328 g/mol. The van der Waals surface area contributed by atoms with Gasteiger partial charge < -0.3 is 15.4 Å². The van der Waals surface area contributed by atoms with Crippen LogP contribution in [0.3, 0.4) is 0 Å². The molecule has 128 valence electrons. The highest BCUT2D eigenvalue weighted by atomic mass is 16.5. The molecule has 2 aromatic heterocycles. The second kappa shape index (κ2) is 6.76. The van der Waals surface area contributed by atoms with Gasteiger partial charge in [-0.25, -0.2) is 0 Å². The van der Waals surface area contributed by atoms with Crippen molar-refractivity contribution in [3.8, 4) is 0 Å². The van der Waals surface area contributed by atoms with E-state index in [-0.39, 0.29) is 0 Å². The molecule has 7 heteroatoms. The van der Waals surface area contributed by atoms with E-state index in [4.69, 9.17) is 4.74 Å². The van der Waals surface area contributed by atoms with Crippen LogP contribution in [0, 0.1) is 0 Å². The molecule has 2 aliphatic rings. The molecule has 3 unspecified atom stereocenters. The van der Waals surface area contributed by atoms with Crippen molar-refractivity contribution in [1.82, 2.24) is 25.2 Å². The van der Waals surface area contributed by atoms with Gasteiger partial charge in [0.2, 0.25) is 0 Å². The topological polar surface area (TPSA) is 75.8 Å². The lowest BCUT2D eigenvalue weighted by Crippen LogP contribution is -2.47. The van der Waals surface area contributed by atoms with E-state index < -0.39 is 0 Å². The Bertz CT molecular complexity index is 727. The predicted octanol–water partition coefficient (Wildman–Crippen LogP) is 1.15. The maximum absolute atomic E-state index is 5.88. The number of hydrogen-bond acceptors (Lipinski definition) is 4. The Labute approximate surface area is 141 Å². The lowest BCUT2D eigenvalue weighted by atomic mass is 9.96. The Morgan fingerprint density at radius 3 is 3.12 bits per heavy atom. The molecule has 2 aliphatic heterocycles. The summed E-state index contributed by atoms with van der Waals surface area (Å²) in [6.45, 7) is 0.850. The van der Waals surface area contributed by atoms with Crippen LogP contribution in [0.5, 0.6) is 0 Å². The van der Waals surface area contributed by atoms with Crippen molar-refractivity contribution in [2.75, 3.05) is 13.6 Å². The van der Waals surface area contributed by atoms with Gasteiger partial charge in [-0.2, -0.15) is 0 Å². The molecule has 4 heterocycles. The first-order chi connectivity index (χ1) is 11.8. The summed E-state index contributed by atoms with van der Waals surface area (Å²) in [5.74, 6) is 1.86. The van der Waals surface area contributed by atoms with Gasteiger partial charge in [-0.3, -0.25) is 9.39 Å². The van der Waals surface area contributed by atoms with E-state index in [1.807, 2.05) is 35.8 Å². The molecule has 0 aliphatic carbocycles. The molecule has 2 bridgehead atoms. The molecule has 2 fully saturated rings. The van der Waals surface area contributed by atoms with Gasteiger partial charge in [0.15, 0.2) is 11.6 Å². The summed E-state index contributed by atoms with van der Waals surface area (Å²) >= 11 is 0. The van der Waals surface area contributed by atoms with Crippen LogP contribution in [0.2, 0.25) is 0 Å². The number of rotatable bonds is 5.